The van der Waals surface area contributed by atoms with E-state index in [-0.39, 0.29) is 19.3 Å². The lowest BCUT2D eigenvalue weighted by Crippen LogP contribution is -2.59. The van der Waals surface area contributed by atoms with Crippen molar-refractivity contribution in [1.29, 1.82) is 0 Å². The Bertz CT molecular complexity index is 1120. The van der Waals surface area contributed by atoms with Crippen LogP contribution in [0.15, 0.2) is 12.5 Å². The summed E-state index contributed by atoms with van der Waals surface area (Å²) in [6.07, 6.45) is 1.27. The maximum absolute atomic E-state index is 13.0. The second kappa shape index (κ2) is 18.3. The molecule has 0 saturated heterocycles. The van der Waals surface area contributed by atoms with Crippen molar-refractivity contribution in [3.8, 4) is 0 Å². The third-order valence-corrected chi connectivity index (χ3v) is 5.23. The highest BCUT2D eigenvalue weighted by molar-refractivity contribution is 5.96. The number of nitrogens with zero attached hydrogens (tertiary/aromatic N) is 1. The zero-order valence-corrected chi connectivity index (χ0v) is 23.5. The molecular formula is C24H37N7O11. The van der Waals surface area contributed by atoms with Gasteiger partial charge < -0.3 is 47.3 Å². The van der Waals surface area contributed by atoms with Gasteiger partial charge in [-0.1, -0.05) is 13.8 Å². The first-order valence-electron chi connectivity index (χ1n) is 12.5. The Morgan fingerprint density at radius 3 is 1.83 bits per heavy atom. The third-order valence-electron chi connectivity index (χ3n) is 5.23. The number of aromatic amines is 1. The van der Waals surface area contributed by atoms with Crippen LogP contribution in [-0.4, -0.2) is 96.9 Å². The van der Waals surface area contributed by atoms with E-state index in [1.165, 1.54) is 12.5 Å². The van der Waals surface area contributed by atoms with Crippen LogP contribution in [0.5, 0.6) is 0 Å². The molecule has 0 aliphatic carbocycles. The van der Waals surface area contributed by atoms with Gasteiger partial charge in [-0.2, -0.15) is 0 Å². The minimum Gasteiger partial charge on any atom is -0.481 e. The molecule has 1 aromatic heterocycles. The zero-order chi connectivity index (χ0) is 32.6. The van der Waals surface area contributed by atoms with Gasteiger partial charge in [0.1, 0.15) is 24.2 Å². The summed E-state index contributed by atoms with van der Waals surface area (Å²) in [5.41, 5.74) is 5.53. The lowest BCUT2D eigenvalue weighted by Gasteiger charge is -2.27. The predicted octanol–water partition coefficient (Wildman–Crippen LogP) is -2.52. The van der Waals surface area contributed by atoms with E-state index in [1.54, 1.807) is 13.8 Å². The van der Waals surface area contributed by atoms with E-state index in [9.17, 15) is 43.8 Å². The summed E-state index contributed by atoms with van der Waals surface area (Å²) in [5, 5.41) is 35.4. The van der Waals surface area contributed by atoms with Crippen molar-refractivity contribution in [2.24, 2.45) is 11.7 Å². The fourth-order valence-corrected chi connectivity index (χ4v) is 3.32. The molecule has 18 heteroatoms. The highest BCUT2D eigenvalue weighted by Crippen LogP contribution is 2.07. The lowest BCUT2D eigenvalue weighted by atomic mass is 10.0. The van der Waals surface area contributed by atoms with Crippen LogP contribution >= 0.6 is 0 Å². The van der Waals surface area contributed by atoms with Crippen molar-refractivity contribution in [1.82, 2.24) is 31.2 Å². The summed E-state index contributed by atoms with van der Waals surface area (Å²) < 4.78 is 0. The smallest absolute Gasteiger partial charge is 0.326 e. The van der Waals surface area contributed by atoms with Gasteiger partial charge in [0, 0.05) is 38.6 Å². The first-order chi connectivity index (χ1) is 19.4. The van der Waals surface area contributed by atoms with E-state index in [0.29, 0.717) is 5.69 Å². The Labute approximate surface area is 240 Å². The van der Waals surface area contributed by atoms with Gasteiger partial charge in [-0.05, 0) is 12.3 Å². The standard InChI is InChI=1S/C22H33N7O9.C2H4O2/c1-10(2)18(21(36)28-15(22(37)38)6-12-8-24-9-25-12)29-20(35)14(7-17(32)33)27-19(34)13(26-11(3)30)4-5-16(23)31;1-2(3)4/h8-10,13-15,18H,4-7H2,1-3H3,(H2,23,31)(H,24,25)(H,26,30)(H,27,34)(H,28,36)(H,29,35)(H,32,33)(H,37,38);1H3,(H,3,4). The number of amides is 5. The lowest BCUT2D eigenvalue weighted by molar-refractivity contribution is -0.143. The molecule has 0 spiro atoms. The Morgan fingerprint density at radius 2 is 1.40 bits per heavy atom. The molecule has 0 fully saturated rings. The average molecular weight is 600 g/mol. The van der Waals surface area contributed by atoms with Crippen LogP contribution in [0.2, 0.25) is 0 Å². The van der Waals surface area contributed by atoms with Crippen molar-refractivity contribution in [2.45, 2.75) is 77.5 Å². The molecule has 1 aromatic rings. The van der Waals surface area contributed by atoms with Gasteiger partial charge in [0.2, 0.25) is 29.5 Å². The molecule has 0 aliphatic rings. The number of carboxylic acids is 3. The van der Waals surface area contributed by atoms with Crippen molar-refractivity contribution in [2.75, 3.05) is 0 Å². The van der Waals surface area contributed by atoms with Gasteiger partial charge in [0.25, 0.3) is 5.97 Å². The number of carboxylic acid groups (broad SMARTS) is 3. The van der Waals surface area contributed by atoms with Crippen LogP contribution in [0.25, 0.3) is 0 Å². The van der Waals surface area contributed by atoms with Gasteiger partial charge in [-0.15, -0.1) is 0 Å². The number of carbonyl (C=O) groups excluding carboxylic acids is 5. The minimum absolute atomic E-state index is 0.118. The van der Waals surface area contributed by atoms with Gasteiger partial charge in [0.15, 0.2) is 0 Å². The molecule has 1 rings (SSSR count). The topological polar surface area (TPSA) is 300 Å². The quantitative estimate of drug-likeness (QED) is 0.0951. The number of aliphatic carboxylic acids is 3. The Kier molecular flexibility index (Phi) is 16.1. The van der Waals surface area contributed by atoms with Crippen LogP contribution in [0.3, 0.4) is 0 Å². The highest BCUT2D eigenvalue weighted by atomic mass is 16.4. The molecule has 4 unspecified atom stereocenters. The van der Waals surface area contributed by atoms with E-state index in [4.69, 9.17) is 15.6 Å². The number of aromatic nitrogens is 2. The SMILES string of the molecule is CC(=O)NC(CCC(N)=O)C(=O)NC(CC(=O)O)C(=O)NC(C(=O)NC(Cc1cnc[nH]1)C(=O)O)C(C)C.CC(=O)O. The summed E-state index contributed by atoms with van der Waals surface area (Å²) in [4.78, 5) is 99.7. The van der Waals surface area contributed by atoms with Crippen LogP contribution in [0, 0.1) is 5.92 Å². The van der Waals surface area contributed by atoms with Crippen LogP contribution in [0.4, 0.5) is 0 Å². The molecule has 1 heterocycles. The first-order valence-corrected chi connectivity index (χ1v) is 12.5. The summed E-state index contributed by atoms with van der Waals surface area (Å²) >= 11 is 0. The Balaban J connectivity index is 0.00000393. The second-order valence-corrected chi connectivity index (χ2v) is 9.35. The average Bonchev–Trinajstić information content (AvgIpc) is 3.35. The van der Waals surface area contributed by atoms with E-state index in [1.807, 2.05) is 0 Å². The Morgan fingerprint density at radius 1 is 0.857 bits per heavy atom. The van der Waals surface area contributed by atoms with E-state index >= 15 is 0 Å². The fourth-order valence-electron chi connectivity index (χ4n) is 3.32. The molecule has 5 amide bonds. The number of imidazole rings is 1. The summed E-state index contributed by atoms with van der Waals surface area (Å²) in [7, 11) is 0. The molecule has 0 saturated carbocycles. The minimum atomic E-state index is -1.67. The number of hydrogen-bond acceptors (Lipinski definition) is 9. The number of rotatable bonds is 16. The zero-order valence-electron chi connectivity index (χ0n) is 23.5. The third kappa shape index (κ3) is 15.5. The number of primary amides is 1. The monoisotopic (exact) mass is 599 g/mol. The number of carbonyl (C=O) groups is 8. The molecule has 0 bridgehead atoms. The summed E-state index contributed by atoms with van der Waals surface area (Å²) in [5.74, 6) is -8.37. The van der Waals surface area contributed by atoms with Crippen molar-refractivity contribution in [3.05, 3.63) is 18.2 Å². The molecule has 10 N–H and O–H groups in total. The van der Waals surface area contributed by atoms with Gasteiger partial charge >= 0.3 is 11.9 Å². The molecule has 42 heavy (non-hydrogen) atoms. The van der Waals surface area contributed by atoms with Crippen LogP contribution in [0.1, 0.15) is 52.7 Å². The number of nitrogens with two attached hydrogens (primary N) is 1. The first kappa shape index (κ1) is 37.0. The van der Waals surface area contributed by atoms with Crippen molar-refractivity contribution < 1.29 is 53.7 Å². The van der Waals surface area contributed by atoms with Crippen LogP contribution in [-0.2, 0) is 44.8 Å². The molecule has 234 valence electrons. The van der Waals surface area contributed by atoms with E-state index in [2.05, 4.69) is 31.2 Å². The maximum Gasteiger partial charge on any atom is 0.326 e. The Hall–Kier alpha value is -5.03. The molecular weight excluding hydrogens is 562 g/mol. The van der Waals surface area contributed by atoms with Crippen molar-refractivity contribution in [3.63, 3.8) is 0 Å². The second-order valence-electron chi connectivity index (χ2n) is 9.35. The largest absolute Gasteiger partial charge is 0.481 e. The molecule has 0 aromatic carbocycles. The summed E-state index contributed by atoms with van der Waals surface area (Å²) in [6, 6.07) is -5.61. The fraction of sp³-hybridized carbons (Fsp3) is 0.542. The van der Waals surface area contributed by atoms with Crippen molar-refractivity contribution >= 4 is 47.4 Å². The summed E-state index contributed by atoms with van der Waals surface area (Å²) in [6.45, 7) is 5.34. The van der Waals surface area contributed by atoms with Gasteiger partial charge in [0.05, 0.1) is 12.7 Å². The molecule has 18 nitrogen and oxygen atoms in total. The normalized spacial score (nSPS) is 13.2. The molecule has 0 aliphatic heterocycles. The van der Waals surface area contributed by atoms with E-state index < -0.39 is 83.9 Å². The predicted molar refractivity (Wildman–Crippen MR) is 142 cm³/mol. The maximum atomic E-state index is 13.0. The highest BCUT2D eigenvalue weighted by Gasteiger charge is 2.33. The van der Waals surface area contributed by atoms with Gasteiger partial charge in [-0.25, -0.2) is 9.78 Å². The van der Waals surface area contributed by atoms with Gasteiger partial charge in [-0.3, -0.25) is 33.6 Å². The molecule has 4 atom stereocenters. The number of H-pyrrole nitrogens is 1. The van der Waals surface area contributed by atoms with Crippen LogP contribution < -0.4 is 27.0 Å². The number of hydrogen-bond donors (Lipinski definition) is 9. The number of nitrogens with one attached hydrogen (secondary N) is 5. The molecule has 0 radical (unpaired) electrons. The van der Waals surface area contributed by atoms with E-state index in [0.717, 1.165) is 13.8 Å².